The number of carbonyl (C=O) groups excluding carboxylic acids is 1. The Morgan fingerprint density at radius 1 is 1.35 bits per heavy atom. The highest BCUT2D eigenvalue weighted by Crippen LogP contribution is 2.31. The van der Waals surface area contributed by atoms with Crippen LogP contribution >= 0.6 is 0 Å². The highest BCUT2D eigenvalue weighted by atomic mass is 16.5. The third kappa shape index (κ3) is 3.94. The van der Waals surface area contributed by atoms with Crippen molar-refractivity contribution in [1.29, 1.82) is 0 Å². The minimum absolute atomic E-state index is 0.0518. The molecule has 0 aliphatic rings. The number of ether oxygens (including phenoxy) is 1. The van der Waals surface area contributed by atoms with Crippen LogP contribution in [0.4, 0.5) is 5.82 Å². The van der Waals surface area contributed by atoms with Crippen molar-refractivity contribution in [2.24, 2.45) is 7.05 Å². The predicted molar refractivity (Wildman–Crippen MR) is 118 cm³/mol. The lowest BCUT2D eigenvalue weighted by Gasteiger charge is -2.17. The van der Waals surface area contributed by atoms with Crippen LogP contribution in [-0.2, 0) is 16.6 Å². The molecule has 0 spiro atoms. The summed E-state index contributed by atoms with van der Waals surface area (Å²) in [6, 6.07) is 7.18. The number of aliphatic hydroxyl groups excluding tert-OH is 1. The van der Waals surface area contributed by atoms with Gasteiger partial charge in [-0.2, -0.15) is 0 Å². The molecule has 4 rings (SSSR count). The summed E-state index contributed by atoms with van der Waals surface area (Å²) in [6.07, 6.45) is 2.11. The number of H-pyrrole nitrogens is 1. The van der Waals surface area contributed by atoms with E-state index in [2.05, 4.69) is 25.6 Å². The molecular formula is C21H25N7O3. The molecule has 4 N–H and O–H groups in total. The number of hydrogen-bond donors (Lipinski definition) is 4. The molecule has 162 valence electrons. The Balaban J connectivity index is 1.75. The average molecular weight is 423 g/mol. The lowest BCUT2D eigenvalue weighted by atomic mass is 10.1. The number of amides is 1. The fraction of sp³-hybridized carbons (Fsp3) is 0.333. The van der Waals surface area contributed by atoms with Crippen LogP contribution in [0, 0.1) is 0 Å². The topological polar surface area (TPSA) is 130 Å². The second-order valence-electron chi connectivity index (χ2n) is 7.22. The Bertz CT molecular complexity index is 1230. The number of aryl methyl sites for hydroxylation is 1. The molecule has 4 heterocycles. The summed E-state index contributed by atoms with van der Waals surface area (Å²) in [5.74, 6) is 0.434. The molecule has 0 aromatic carbocycles. The van der Waals surface area contributed by atoms with Gasteiger partial charge in [-0.1, -0.05) is 6.07 Å². The van der Waals surface area contributed by atoms with E-state index in [0.29, 0.717) is 23.6 Å². The van der Waals surface area contributed by atoms with E-state index in [-0.39, 0.29) is 19.1 Å². The maximum absolute atomic E-state index is 12.0. The molecular weight excluding hydrogens is 398 g/mol. The maximum atomic E-state index is 12.0. The van der Waals surface area contributed by atoms with E-state index in [1.54, 1.807) is 6.33 Å². The van der Waals surface area contributed by atoms with Gasteiger partial charge in [-0.25, -0.2) is 15.0 Å². The highest BCUT2D eigenvalue weighted by Gasteiger charge is 2.18. The van der Waals surface area contributed by atoms with Gasteiger partial charge >= 0.3 is 0 Å². The molecule has 0 saturated heterocycles. The summed E-state index contributed by atoms with van der Waals surface area (Å²) in [4.78, 5) is 29.2. The maximum Gasteiger partial charge on any atom is 0.246 e. The zero-order valence-corrected chi connectivity index (χ0v) is 17.6. The first kappa shape index (κ1) is 20.8. The predicted octanol–water partition coefficient (Wildman–Crippen LogP) is 1.74. The number of carbonyl (C=O) groups is 1. The van der Waals surface area contributed by atoms with Gasteiger partial charge in [-0.05, 0) is 24.6 Å². The number of nitrogens with zero attached hydrogens (tertiary/aromatic N) is 4. The molecule has 4 aromatic rings. The van der Waals surface area contributed by atoms with Gasteiger partial charge in [0.1, 0.15) is 17.8 Å². The lowest BCUT2D eigenvalue weighted by molar-refractivity contribution is -0.125. The first-order valence-electron chi connectivity index (χ1n) is 9.93. The Labute approximate surface area is 178 Å². The van der Waals surface area contributed by atoms with Gasteiger partial charge in [0.25, 0.3) is 0 Å². The average Bonchev–Trinajstić information content (AvgIpc) is 3.36. The van der Waals surface area contributed by atoms with Gasteiger partial charge in [-0.15, -0.1) is 0 Å². The number of imidazole rings is 1. The van der Waals surface area contributed by atoms with Crippen molar-refractivity contribution in [2.75, 3.05) is 32.7 Å². The summed E-state index contributed by atoms with van der Waals surface area (Å²) < 4.78 is 6.85. The number of methoxy groups -OCH3 is 1. The number of anilines is 1. The van der Waals surface area contributed by atoms with Crippen LogP contribution in [-0.4, -0.2) is 62.9 Å². The van der Waals surface area contributed by atoms with E-state index in [0.717, 1.165) is 27.8 Å². The largest absolute Gasteiger partial charge is 0.396 e. The Morgan fingerprint density at radius 3 is 2.94 bits per heavy atom. The van der Waals surface area contributed by atoms with E-state index in [4.69, 9.17) is 9.72 Å². The number of nitrogens with one attached hydrogen (secondary N) is 3. The van der Waals surface area contributed by atoms with Crippen molar-refractivity contribution < 1.29 is 14.6 Å². The normalized spacial score (nSPS) is 12.4. The zero-order chi connectivity index (χ0) is 22.0. The molecule has 4 aromatic heterocycles. The Kier molecular flexibility index (Phi) is 5.83. The lowest BCUT2D eigenvalue weighted by Crippen LogP contribution is -2.32. The molecule has 31 heavy (non-hydrogen) atoms. The van der Waals surface area contributed by atoms with Crippen molar-refractivity contribution in [3.63, 3.8) is 0 Å². The summed E-state index contributed by atoms with van der Waals surface area (Å²) >= 11 is 0. The van der Waals surface area contributed by atoms with E-state index >= 15 is 0 Å². The van der Waals surface area contributed by atoms with Gasteiger partial charge in [0.2, 0.25) is 5.91 Å². The number of rotatable bonds is 8. The molecule has 1 atom stereocenters. The zero-order valence-electron chi connectivity index (χ0n) is 17.6. The molecule has 0 bridgehead atoms. The highest BCUT2D eigenvalue weighted by molar-refractivity contribution is 6.07. The number of aromatic amines is 1. The van der Waals surface area contributed by atoms with Crippen LogP contribution in [0.5, 0.6) is 0 Å². The van der Waals surface area contributed by atoms with Gasteiger partial charge in [0.05, 0.1) is 35.0 Å². The number of pyridine rings is 2. The number of aromatic nitrogens is 5. The Hall–Kier alpha value is -3.50. The molecule has 0 aliphatic heterocycles. The first-order chi connectivity index (χ1) is 15.0. The SMILES string of the molecule is CNc1nc2[nH]c(-c3cccc([C@@H](CCO)NC(=O)COC)n3)cc2c2c1ncn2C. The summed E-state index contributed by atoms with van der Waals surface area (Å²) in [5.41, 5.74) is 4.66. The van der Waals surface area contributed by atoms with Crippen LogP contribution in [0.1, 0.15) is 18.2 Å². The molecule has 0 unspecified atom stereocenters. The Morgan fingerprint density at radius 2 is 2.19 bits per heavy atom. The van der Waals surface area contributed by atoms with Crippen molar-refractivity contribution in [3.05, 3.63) is 36.3 Å². The quantitative estimate of drug-likeness (QED) is 0.340. The summed E-state index contributed by atoms with van der Waals surface area (Å²) in [5, 5.41) is 16.3. The molecule has 0 fully saturated rings. The third-order valence-electron chi connectivity index (χ3n) is 5.11. The van der Waals surface area contributed by atoms with Gasteiger partial charge in [0.15, 0.2) is 5.82 Å². The molecule has 1 amide bonds. The van der Waals surface area contributed by atoms with Crippen LogP contribution in [0.25, 0.3) is 33.5 Å². The monoisotopic (exact) mass is 423 g/mol. The van der Waals surface area contributed by atoms with E-state index in [9.17, 15) is 9.90 Å². The van der Waals surface area contributed by atoms with Gasteiger partial charge < -0.3 is 30.0 Å². The van der Waals surface area contributed by atoms with E-state index in [1.807, 2.05) is 42.9 Å². The standard InChI is InChI=1S/C21H25N7O3/c1-22-21-18-19(28(2)11-23-18)12-9-16(26-20(12)27-21)14-6-4-5-13(24-14)15(7-8-29)25-17(30)10-31-3/h4-6,9,11,15,29H,7-8,10H2,1-3H3,(H,25,30)(H2,22,26,27)/t15-/m1/s1. The van der Waals surface area contributed by atoms with E-state index in [1.165, 1.54) is 7.11 Å². The molecule has 10 heteroatoms. The number of aliphatic hydroxyl groups is 1. The van der Waals surface area contributed by atoms with Crippen LogP contribution in [0.2, 0.25) is 0 Å². The fourth-order valence-electron chi connectivity index (χ4n) is 3.70. The van der Waals surface area contributed by atoms with Gasteiger partial charge in [0, 0.05) is 33.2 Å². The molecule has 0 aliphatic carbocycles. The summed E-state index contributed by atoms with van der Waals surface area (Å²) in [6.45, 7) is -0.130. The number of hydrogen-bond acceptors (Lipinski definition) is 7. The first-order valence-corrected chi connectivity index (χ1v) is 9.93. The molecule has 0 radical (unpaired) electrons. The van der Waals surface area contributed by atoms with Gasteiger partial charge in [-0.3, -0.25) is 4.79 Å². The van der Waals surface area contributed by atoms with Crippen molar-refractivity contribution in [2.45, 2.75) is 12.5 Å². The summed E-state index contributed by atoms with van der Waals surface area (Å²) in [7, 11) is 5.22. The third-order valence-corrected chi connectivity index (χ3v) is 5.11. The van der Waals surface area contributed by atoms with Crippen LogP contribution in [0.3, 0.4) is 0 Å². The second-order valence-corrected chi connectivity index (χ2v) is 7.22. The second kappa shape index (κ2) is 8.70. The van der Waals surface area contributed by atoms with Crippen molar-refractivity contribution in [1.82, 2.24) is 29.8 Å². The minimum Gasteiger partial charge on any atom is -0.396 e. The molecule has 0 saturated carbocycles. The fourth-order valence-corrected chi connectivity index (χ4v) is 3.70. The minimum atomic E-state index is -0.422. The van der Waals surface area contributed by atoms with Crippen LogP contribution in [0.15, 0.2) is 30.6 Å². The van der Waals surface area contributed by atoms with Crippen LogP contribution < -0.4 is 10.6 Å². The van der Waals surface area contributed by atoms with Crippen molar-refractivity contribution in [3.8, 4) is 11.4 Å². The number of fused-ring (bicyclic) bond motifs is 3. The smallest absolute Gasteiger partial charge is 0.246 e. The van der Waals surface area contributed by atoms with E-state index < -0.39 is 6.04 Å². The van der Waals surface area contributed by atoms with Crippen molar-refractivity contribution >= 4 is 33.8 Å². The molecule has 10 nitrogen and oxygen atoms in total.